The van der Waals surface area contributed by atoms with E-state index >= 15 is 0 Å². The van der Waals surface area contributed by atoms with Crippen molar-refractivity contribution in [2.45, 2.75) is 33.2 Å². The number of rotatable bonds is 4. The fraction of sp³-hybridized carbons (Fsp3) is 0.562. The summed E-state index contributed by atoms with van der Waals surface area (Å²) in [6.45, 7) is 9.04. The summed E-state index contributed by atoms with van der Waals surface area (Å²) in [5.74, 6) is 0.157. The molecule has 110 valence electrons. The molecule has 1 atom stereocenters. The van der Waals surface area contributed by atoms with Crippen molar-refractivity contribution in [3.05, 3.63) is 29.3 Å². The molecule has 0 bridgehead atoms. The first kappa shape index (κ1) is 15.0. The Morgan fingerprint density at radius 3 is 2.90 bits per heavy atom. The molecule has 0 aliphatic carbocycles. The summed E-state index contributed by atoms with van der Waals surface area (Å²) < 4.78 is 5.41. The molecule has 0 saturated carbocycles. The molecular weight excluding hydrogens is 252 g/mol. The van der Waals surface area contributed by atoms with E-state index in [1.165, 1.54) is 11.1 Å². The van der Waals surface area contributed by atoms with Crippen LogP contribution in [0.3, 0.4) is 0 Å². The van der Waals surface area contributed by atoms with Crippen LogP contribution in [0, 0.1) is 13.8 Å². The van der Waals surface area contributed by atoms with E-state index in [0.717, 1.165) is 18.8 Å². The zero-order valence-electron chi connectivity index (χ0n) is 12.6. The zero-order chi connectivity index (χ0) is 14.5. The van der Waals surface area contributed by atoms with Crippen LogP contribution in [-0.2, 0) is 9.53 Å². The van der Waals surface area contributed by atoms with Gasteiger partial charge < -0.3 is 15.0 Å². The maximum absolute atomic E-state index is 12.5. The number of carbonyl (C=O) groups is 1. The normalized spacial score (nSPS) is 18.9. The Bertz CT molecular complexity index is 468. The maximum atomic E-state index is 12.5. The Labute approximate surface area is 121 Å². The molecule has 1 amide bonds. The molecule has 4 nitrogen and oxygen atoms in total. The largest absolute Gasteiger partial charge is 0.378 e. The summed E-state index contributed by atoms with van der Waals surface area (Å²) in [6.07, 6.45) is 0.487. The predicted octanol–water partition coefficient (Wildman–Crippen LogP) is 2.03. The van der Waals surface area contributed by atoms with Gasteiger partial charge in [0.1, 0.15) is 0 Å². The molecule has 0 spiro atoms. The Morgan fingerprint density at radius 2 is 2.25 bits per heavy atom. The first-order valence-electron chi connectivity index (χ1n) is 7.31. The van der Waals surface area contributed by atoms with Gasteiger partial charge in [-0.3, -0.25) is 4.79 Å². The average Bonchev–Trinajstić information content (AvgIpc) is 2.45. The number of morpholine rings is 1. The quantitative estimate of drug-likeness (QED) is 0.915. The van der Waals surface area contributed by atoms with Crippen molar-refractivity contribution in [2.75, 3.05) is 31.2 Å². The number of amides is 1. The van der Waals surface area contributed by atoms with Crippen LogP contribution in [0.1, 0.15) is 24.5 Å². The summed E-state index contributed by atoms with van der Waals surface area (Å²) in [5.41, 5.74) is 3.41. The Morgan fingerprint density at radius 1 is 1.45 bits per heavy atom. The number of ether oxygens (including phenoxy) is 1. The fourth-order valence-corrected chi connectivity index (χ4v) is 2.58. The minimum atomic E-state index is 0.135. The van der Waals surface area contributed by atoms with Crippen molar-refractivity contribution in [1.82, 2.24) is 5.32 Å². The molecule has 1 saturated heterocycles. The van der Waals surface area contributed by atoms with Gasteiger partial charge in [-0.05, 0) is 38.0 Å². The van der Waals surface area contributed by atoms with Gasteiger partial charge in [-0.25, -0.2) is 0 Å². The predicted molar refractivity (Wildman–Crippen MR) is 81.2 cm³/mol. The number of anilines is 1. The summed E-state index contributed by atoms with van der Waals surface area (Å²) in [7, 11) is 0. The highest BCUT2D eigenvalue weighted by atomic mass is 16.5. The lowest BCUT2D eigenvalue weighted by Gasteiger charge is -2.28. The Kier molecular flexibility index (Phi) is 5.15. The number of nitrogens with zero attached hydrogens (tertiary/aromatic N) is 1. The van der Waals surface area contributed by atoms with Crippen LogP contribution >= 0.6 is 0 Å². The van der Waals surface area contributed by atoms with Crippen LogP contribution in [0.25, 0.3) is 0 Å². The summed E-state index contributed by atoms with van der Waals surface area (Å²) >= 11 is 0. The van der Waals surface area contributed by atoms with E-state index in [2.05, 4.69) is 25.2 Å². The van der Waals surface area contributed by atoms with Crippen LogP contribution in [-0.4, -0.2) is 38.3 Å². The monoisotopic (exact) mass is 276 g/mol. The Hall–Kier alpha value is -1.39. The lowest BCUT2D eigenvalue weighted by Crippen LogP contribution is -2.45. The molecule has 2 rings (SSSR count). The fourth-order valence-electron chi connectivity index (χ4n) is 2.58. The van der Waals surface area contributed by atoms with Crippen molar-refractivity contribution in [2.24, 2.45) is 0 Å². The van der Waals surface area contributed by atoms with Gasteiger partial charge in [0, 0.05) is 31.2 Å². The molecule has 1 aliphatic heterocycles. The summed E-state index contributed by atoms with van der Waals surface area (Å²) in [4.78, 5) is 14.4. The van der Waals surface area contributed by atoms with E-state index in [1.807, 2.05) is 24.0 Å². The van der Waals surface area contributed by atoms with Crippen LogP contribution in [0.5, 0.6) is 0 Å². The molecule has 1 aromatic rings. The van der Waals surface area contributed by atoms with E-state index in [0.29, 0.717) is 19.6 Å². The second-order valence-electron chi connectivity index (χ2n) is 5.29. The summed E-state index contributed by atoms with van der Waals surface area (Å²) in [6, 6.07) is 6.24. The van der Waals surface area contributed by atoms with E-state index in [1.54, 1.807) is 0 Å². The highest BCUT2D eigenvalue weighted by Crippen LogP contribution is 2.23. The molecule has 20 heavy (non-hydrogen) atoms. The van der Waals surface area contributed by atoms with Gasteiger partial charge in [0.15, 0.2) is 0 Å². The smallest absolute Gasteiger partial charge is 0.228 e. The van der Waals surface area contributed by atoms with E-state index < -0.39 is 0 Å². The topological polar surface area (TPSA) is 41.6 Å². The van der Waals surface area contributed by atoms with Crippen LogP contribution in [0.15, 0.2) is 18.2 Å². The molecule has 1 unspecified atom stereocenters. The molecule has 4 heteroatoms. The number of hydrogen-bond donors (Lipinski definition) is 1. The second kappa shape index (κ2) is 6.86. The third kappa shape index (κ3) is 3.38. The molecule has 1 aromatic carbocycles. The van der Waals surface area contributed by atoms with Crippen LogP contribution in [0.4, 0.5) is 5.69 Å². The number of aryl methyl sites for hydroxylation is 1. The average molecular weight is 276 g/mol. The summed E-state index contributed by atoms with van der Waals surface area (Å²) in [5, 5.41) is 3.33. The van der Waals surface area contributed by atoms with Crippen molar-refractivity contribution < 1.29 is 9.53 Å². The number of carbonyl (C=O) groups excluding carboxylic acids is 1. The minimum Gasteiger partial charge on any atom is -0.378 e. The zero-order valence-corrected chi connectivity index (χ0v) is 12.6. The number of hydrogen-bond acceptors (Lipinski definition) is 3. The standard InChI is InChI=1S/C16H24N2O2/c1-4-18(15-7-5-6-12(2)13(15)3)16(19)10-14-11-20-9-8-17-14/h5-7,14,17H,4,8-11H2,1-3H3. The van der Waals surface area contributed by atoms with E-state index in [-0.39, 0.29) is 11.9 Å². The molecule has 1 fully saturated rings. The minimum absolute atomic E-state index is 0.135. The van der Waals surface area contributed by atoms with Crippen molar-refractivity contribution in [3.63, 3.8) is 0 Å². The SMILES string of the molecule is CCN(C(=O)CC1COCCN1)c1cccc(C)c1C. The van der Waals surface area contributed by atoms with Gasteiger partial charge in [-0.2, -0.15) is 0 Å². The van der Waals surface area contributed by atoms with Crippen LogP contribution in [0.2, 0.25) is 0 Å². The molecule has 1 aliphatic rings. The van der Waals surface area contributed by atoms with Gasteiger partial charge in [0.05, 0.1) is 13.2 Å². The molecular formula is C16H24N2O2. The molecule has 1 N–H and O–H groups in total. The maximum Gasteiger partial charge on any atom is 0.228 e. The van der Waals surface area contributed by atoms with Gasteiger partial charge in [0.2, 0.25) is 5.91 Å². The lowest BCUT2D eigenvalue weighted by atomic mass is 10.1. The third-order valence-electron chi connectivity index (χ3n) is 3.90. The van der Waals surface area contributed by atoms with Gasteiger partial charge in [-0.1, -0.05) is 12.1 Å². The van der Waals surface area contributed by atoms with Gasteiger partial charge >= 0.3 is 0 Å². The highest BCUT2D eigenvalue weighted by Gasteiger charge is 2.22. The first-order valence-corrected chi connectivity index (χ1v) is 7.31. The molecule has 0 radical (unpaired) electrons. The van der Waals surface area contributed by atoms with Crippen molar-refractivity contribution in [3.8, 4) is 0 Å². The van der Waals surface area contributed by atoms with Crippen molar-refractivity contribution >= 4 is 11.6 Å². The van der Waals surface area contributed by atoms with Crippen LogP contribution < -0.4 is 10.2 Å². The Balaban J connectivity index is 2.10. The third-order valence-corrected chi connectivity index (χ3v) is 3.90. The van der Waals surface area contributed by atoms with Gasteiger partial charge in [-0.15, -0.1) is 0 Å². The van der Waals surface area contributed by atoms with Crippen molar-refractivity contribution in [1.29, 1.82) is 0 Å². The number of benzene rings is 1. The molecule has 1 heterocycles. The van der Waals surface area contributed by atoms with E-state index in [4.69, 9.17) is 4.74 Å². The lowest BCUT2D eigenvalue weighted by molar-refractivity contribution is -0.119. The van der Waals surface area contributed by atoms with Gasteiger partial charge in [0.25, 0.3) is 0 Å². The van der Waals surface area contributed by atoms with E-state index in [9.17, 15) is 4.79 Å². The molecule has 0 aromatic heterocycles. The second-order valence-corrected chi connectivity index (χ2v) is 5.29. The number of nitrogens with one attached hydrogen (secondary N) is 1. The first-order chi connectivity index (χ1) is 9.63. The highest BCUT2D eigenvalue weighted by molar-refractivity contribution is 5.94.